The maximum Gasteiger partial charge on any atom is 0.338 e. The van der Waals surface area contributed by atoms with Crippen molar-refractivity contribution in [1.29, 1.82) is 0 Å². The lowest BCUT2D eigenvalue weighted by Crippen LogP contribution is -2.52. The zero-order valence-corrected chi connectivity index (χ0v) is 19.4. The first kappa shape index (κ1) is 26.0. The van der Waals surface area contributed by atoms with Crippen molar-refractivity contribution in [2.24, 2.45) is 0 Å². The number of halogens is 2. The largest absolute Gasteiger partial charge is 0.459 e. The smallest absolute Gasteiger partial charge is 0.338 e. The second kappa shape index (κ2) is 11.7. The summed E-state index contributed by atoms with van der Waals surface area (Å²) in [6.07, 6.45) is -1.66. The van der Waals surface area contributed by atoms with Crippen molar-refractivity contribution in [3.63, 3.8) is 0 Å². The van der Waals surface area contributed by atoms with Crippen molar-refractivity contribution >= 4 is 17.8 Å². The van der Waals surface area contributed by atoms with E-state index >= 15 is 8.78 Å². The van der Waals surface area contributed by atoms with Crippen LogP contribution >= 0.6 is 0 Å². The van der Waals surface area contributed by atoms with Crippen LogP contribution in [0.2, 0.25) is 0 Å². The van der Waals surface area contributed by atoms with Gasteiger partial charge in [0.2, 0.25) is 12.1 Å². The monoisotopic (exact) mass is 487 g/mol. The van der Waals surface area contributed by atoms with Crippen LogP contribution in [0, 0.1) is 0 Å². The molecule has 1 amide bonds. The number of ether oxygens (including phenoxy) is 3. The lowest BCUT2D eigenvalue weighted by atomic mass is 10.1. The Hall–Kier alpha value is -3.59. The molecule has 1 aliphatic rings. The van der Waals surface area contributed by atoms with Crippen molar-refractivity contribution in [1.82, 2.24) is 4.90 Å². The van der Waals surface area contributed by atoms with Gasteiger partial charge in [-0.2, -0.15) is 8.78 Å². The van der Waals surface area contributed by atoms with E-state index in [9.17, 15) is 14.4 Å². The third-order valence-corrected chi connectivity index (χ3v) is 5.37. The van der Waals surface area contributed by atoms with E-state index in [1.807, 2.05) is 6.92 Å². The van der Waals surface area contributed by atoms with Gasteiger partial charge in [0.1, 0.15) is 12.7 Å². The molecule has 0 aromatic heterocycles. The van der Waals surface area contributed by atoms with Crippen molar-refractivity contribution in [2.75, 3.05) is 13.2 Å². The maximum atomic E-state index is 15.6. The Bertz CT molecular complexity index is 1040. The van der Waals surface area contributed by atoms with Gasteiger partial charge in [0.05, 0.1) is 11.1 Å². The summed E-state index contributed by atoms with van der Waals surface area (Å²) < 4.78 is 47.1. The van der Waals surface area contributed by atoms with E-state index in [0.717, 1.165) is 11.8 Å². The Morgan fingerprint density at radius 2 is 1.54 bits per heavy atom. The van der Waals surface area contributed by atoms with Crippen molar-refractivity contribution in [3.8, 4) is 0 Å². The minimum Gasteiger partial charge on any atom is -0.459 e. The highest BCUT2D eigenvalue weighted by atomic mass is 19.3. The molecular formula is C26H27F2NO6. The molecule has 0 N–H and O–H groups in total. The molecule has 7 nitrogen and oxygen atoms in total. The zero-order chi connectivity index (χ0) is 25.4. The van der Waals surface area contributed by atoms with Gasteiger partial charge >= 0.3 is 17.9 Å². The molecule has 0 bridgehead atoms. The second-order valence-electron chi connectivity index (χ2n) is 7.91. The van der Waals surface area contributed by atoms with Gasteiger partial charge in [-0.1, -0.05) is 55.5 Å². The Labute approximate surface area is 202 Å². The van der Waals surface area contributed by atoms with E-state index < -0.39 is 48.8 Å². The summed E-state index contributed by atoms with van der Waals surface area (Å²) in [7, 11) is 0. The van der Waals surface area contributed by atoms with Gasteiger partial charge in [0, 0.05) is 13.5 Å². The number of nitrogens with zero attached hydrogens (tertiary/aromatic N) is 1. The summed E-state index contributed by atoms with van der Waals surface area (Å²) in [5.41, 5.74) is 0.294. The van der Waals surface area contributed by atoms with Crippen LogP contribution in [0.3, 0.4) is 0 Å². The highest BCUT2D eigenvalue weighted by molar-refractivity contribution is 5.90. The van der Waals surface area contributed by atoms with Crippen LogP contribution in [0.15, 0.2) is 72.8 Å². The molecule has 1 fully saturated rings. The third-order valence-electron chi connectivity index (χ3n) is 5.37. The van der Waals surface area contributed by atoms with Crippen LogP contribution in [0.4, 0.5) is 8.78 Å². The molecule has 186 valence electrons. The van der Waals surface area contributed by atoms with Crippen molar-refractivity contribution in [3.05, 3.63) is 83.9 Å². The van der Waals surface area contributed by atoms with Gasteiger partial charge in [0.15, 0.2) is 6.10 Å². The van der Waals surface area contributed by atoms with Crippen molar-refractivity contribution < 1.29 is 37.4 Å². The number of alkyl halides is 2. The molecule has 3 atom stereocenters. The van der Waals surface area contributed by atoms with E-state index in [4.69, 9.17) is 14.2 Å². The standard InChI is InChI=1S/C26H27F2NO6/c1-3-4-11-16-29(18(2)30)25-26(27,28)22(35-24(32)20-14-9-6-10-15-20)21(34-25)17-33-23(31)19-12-7-5-8-13-19/h4-15,21-22,25H,3,16-17H2,1-2H3/b11-4-/t21-,22-,25-/m1/s1. The average Bonchev–Trinajstić information content (AvgIpc) is 3.10. The first-order chi connectivity index (χ1) is 16.8. The summed E-state index contributed by atoms with van der Waals surface area (Å²) in [6.45, 7) is 2.28. The van der Waals surface area contributed by atoms with Crippen LogP contribution in [0.1, 0.15) is 41.0 Å². The number of rotatable bonds is 9. The molecule has 0 unspecified atom stereocenters. The predicted molar refractivity (Wildman–Crippen MR) is 123 cm³/mol. The molecule has 35 heavy (non-hydrogen) atoms. The molecule has 1 aliphatic heterocycles. The third kappa shape index (κ3) is 6.30. The second-order valence-corrected chi connectivity index (χ2v) is 7.91. The molecule has 2 aromatic carbocycles. The maximum absolute atomic E-state index is 15.6. The Morgan fingerprint density at radius 3 is 2.09 bits per heavy atom. The summed E-state index contributed by atoms with van der Waals surface area (Å²) >= 11 is 0. The fourth-order valence-corrected chi connectivity index (χ4v) is 3.60. The Balaban J connectivity index is 1.85. The highest BCUT2D eigenvalue weighted by Gasteiger charge is 2.64. The molecule has 2 aromatic rings. The van der Waals surface area contributed by atoms with Crippen LogP contribution < -0.4 is 0 Å². The van der Waals surface area contributed by atoms with Gasteiger partial charge in [-0.15, -0.1) is 0 Å². The molecular weight excluding hydrogens is 460 g/mol. The molecule has 0 aliphatic carbocycles. The highest BCUT2D eigenvalue weighted by Crippen LogP contribution is 2.40. The number of hydrogen-bond donors (Lipinski definition) is 0. The van der Waals surface area contributed by atoms with Crippen LogP contribution in [-0.4, -0.2) is 60.3 Å². The first-order valence-electron chi connectivity index (χ1n) is 11.2. The van der Waals surface area contributed by atoms with Crippen LogP contribution in [-0.2, 0) is 19.0 Å². The number of allylic oxidation sites excluding steroid dienone is 1. The van der Waals surface area contributed by atoms with Gasteiger partial charge in [-0.3, -0.25) is 4.79 Å². The SMILES string of the molecule is CC/C=C\CN(C(C)=O)[C@@H]1O[C@H](COC(=O)c2ccccc2)[C@@H](OC(=O)c2ccccc2)C1(F)F. The molecule has 0 spiro atoms. The van der Waals surface area contributed by atoms with Crippen molar-refractivity contribution in [2.45, 2.75) is 44.6 Å². The molecule has 3 rings (SSSR count). The fraction of sp³-hybridized carbons (Fsp3) is 0.346. The summed E-state index contributed by atoms with van der Waals surface area (Å²) in [5.74, 6) is -6.16. The van der Waals surface area contributed by atoms with E-state index in [0.29, 0.717) is 6.42 Å². The Morgan fingerprint density at radius 1 is 0.971 bits per heavy atom. The number of hydrogen-bond acceptors (Lipinski definition) is 6. The summed E-state index contributed by atoms with van der Waals surface area (Å²) in [6, 6.07) is 15.7. The number of benzene rings is 2. The fourth-order valence-electron chi connectivity index (χ4n) is 3.60. The number of esters is 2. The van der Waals surface area contributed by atoms with Crippen LogP contribution in [0.5, 0.6) is 0 Å². The van der Waals surface area contributed by atoms with Gasteiger partial charge in [-0.05, 0) is 30.7 Å². The number of carbonyl (C=O) groups is 3. The minimum atomic E-state index is -3.78. The molecule has 9 heteroatoms. The molecule has 1 heterocycles. The first-order valence-corrected chi connectivity index (χ1v) is 11.2. The Kier molecular flexibility index (Phi) is 8.70. The van der Waals surface area contributed by atoms with E-state index in [1.165, 1.54) is 24.3 Å². The molecule has 1 saturated heterocycles. The lowest BCUT2D eigenvalue weighted by Gasteiger charge is -2.30. The van der Waals surface area contributed by atoms with Gasteiger partial charge < -0.3 is 19.1 Å². The van der Waals surface area contributed by atoms with Gasteiger partial charge in [-0.25, -0.2) is 9.59 Å². The summed E-state index contributed by atoms with van der Waals surface area (Å²) in [5, 5.41) is 0. The van der Waals surface area contributed by atoms with Gasteiger partial charge in [0.25, 0.3) is 0 Å². The van der Waals surface area contributed by atoms with E-state index in [1.54, 1.807) is 48.6 Å². The predicted octanol–water partition coefficient (Wildman–Crippen LogP) is 4.24. The quantitative estimate of drug-likeness (QED) is 0.389. The number of amides is 1. The van der Waals surface area contributed by atoms with E-state index in [-0.39, 0.29) is 17.7 Å². The topological polar surface area (TPSA) is 82.1 Å². The summed E-state index contributed by atoms with van der Waals surface area (Å²) in [4.78, 5) is 38.0. The molecule has 0 radical (unpaired) electrons. The average molecular weight is 487 g/mol. The minimum absolute atomic E-state index is 0.0704. The zero-order valence-electron chi connectivity index (χ0n) is 19.4. The lowest BCUT2D eigenvalue weighted by molar-refractivity contribution is -0.177. The number of carbonyl (C=O) groups excluding carboxylic acids is 3. The molecule has 0 saturated carbocycles. The van der Waals surface area contributed by atoms with E-state index in [2.05, 4.69) is 0 Å². The van der Waals surface area contributed by atoms with Crippen LogP contribution in [0.25, 0.3) is 0 Å². The normalized spacial score (nSPS) is 21.0.